The molecule has 9 heteroatoms. The maximum Gasteiger partial charge on any atom is 0.286 e. The molecule has 1 N–H and O–H groups in total. The number of benzene rings is 2. The highest BCUT2D eigenvalue weighted by molar-refractivity contribution is 7.90. The van der Waals surface area contributed by atoms with Crippen LogP contribution >= 0.6 is 0 Å². The summed E-state index contributed by atoms with van der Waals surface area (Å²) in [6, 6.07) is 10.8. The van der Waals surface area contributed by atoms with Gasteiger partial charge < -0.3 is 20.0 Å². The topological polar surface area (TPSA) is 85.3 Å². The van der Waals surface area contributed by atoms with Crippen molar-refractivity contribution in [2.75, 3.05) is 54.4 Å². The van der Waals surface area contributed by atoms with Gasteiger partial charge in [0.1, 0.15) is 10.7 Å². The number of amidine groups is 1. The van der Waals surface area contributed by atoms with Crippen LogP contribution in [-0.2, 0) is 10.0 Å². The van der Waals surface area contributed by atoms with E-state index < -0.39 is 10.0 Å². The Morgan fingerprint density at radius 2 is 1.74 bits per heavy atom. The molecule has 2 aromatic rings. The van der Waals surface area contributed by atoms with Crippen LogP contribution in [0.2, 0.25) is 0 Å². The Morgan fingerprint density at radius 1 is 0.971 bits per heavy atom. The molecule has 0 aliphatic carbocycles. The first-order valence-corrected chi connectivity index (χ1v) is 13.9. The molecule has 3 aliphatic heterocycles. The van der Waals surface area contributed by atoms with Gasteiger partial charge >= 0.3 is 0 Å². The summed E-state index contributed by atoms with van der Waals surface area (Å²) in [7, 11) is -3.83. The third-order valence-corrected chi connectivity index (χ3v) is 8.56. The van der Waals surface area contributed by atoms with Crippen molar-refractivity contribution in [2.45, 2.75) is 44.4 Å². The van der Waals surface area contributed by atoms with Gasteiger partial charge in [0, 0.05) is 56.1 Å². The Bertz CT molecular complexity index is 1270. The number of carbonyl (C=O) groups excluding carboxylic acids is 1. The lowest BCUT2D eigenvalue weighted by molar-refractivity contribution is 0.102. The number of nitrogens with one attached hydrogen (secondary N) is 1. The standard InChI is InChI=1S/C26H33N5O3S/c1-3-29-13-15-30(16-14-29)22-11-9-21(17-19(22)2)27-26(32)20-8-10-23-24(18-20)35(33,34)28-25-7-5-4-6-12-31(23)25/h8-11,17-18H,3-7,12-16H2,1-2H3,(H,27,32). The second-order valence-electron chi connectivity index (χ2n) is 9.50. The lowest BCUT2D eigenvalue weighted by atomic mass is 10.1. The van der Waals surface area contributed by atoms with Crippen LogP contribution < -0.4 is 15.1 Å². The largest absolute Gasteiger partial charge is 0.369 e. The van der Waals surface area contributed by atoms with Crippen molar-refractivity contribution in [3.63, 3.8) is 0 Å². The van der Waals surface area contributed by atoms with E-state index >= 15 is 0 Å². The molecule has 35 heavy (non-hydrogen) atoms. The van der Waals surface area contributed by atoms with Crippen LogP contribution in [0.4, 0.5) is 17.1 Å². The van der Waals surface area contributed by atoms with Crippen LogP contribution in [0.3, 0.4) is 0 Å². The first-order chi connectivity index (χ1) is 16.9. The summed E-state index contributed by atoms with van der Waals surface area (Å²) in [4.78, 5) is 20.0. The van der Waals surface area contributed by atoms with Crippen molar-refractivity contribution < 1.29 is 13.2 Å². The average Bonchev–Trinajstić information content (AvgIpc) is 3.09. The van der Waals surface area contributed by atoms with E-state index in [4.69, 9.17) is 0 Å². The maximum atomic E-state index is 13.0. The Labute approximate surface area is 207 Å². The van der Waals surface area contributed by atoms with E-state index in [-0.39, 0.29) is 10.8 Å². The van der Waals surface area contributed by atoms with Crippen molar-refractivity contribution in [3.8, 4) is 0 Å². The molecule has 0 unspecified atom stereocenters. The third kappa shape index (κ3) is 4.79. The van der Waals surface area contributed by atoms with Crippen LogP contribution in [-0.4, -0.2) is 64.3 Å². The molecule has 0 radical (unpaired) electrons. The number of fused-ring (bicyclic) bond motifs is 3. The van der Waals surface area contributed by atoms with Gasteiger partial charge in [0.05, 0.1) is 5.69 Å². The summed E-state index contributed by atoms with van der Waals surface area (Å²) >= 11 is 0. The van der Waals surface area contributed by atoms with Crippen LogP contribution in [0.25, 0.3) is 0 Å². The lowest BCUT2D eigenvalue weighted by Crippen LogP contribution is -2.46. The highest BCUT2D eigenvalue weighted by Gasteiger charge is 2.32. The van der Waals surface area contributed by atoms with Gasteiger partial charge in [-0.15, -0.1) is 4.40 Å². The highest BCUT2D eigenvalue weighted by Crippen LogP contribution is 2.35. The third-order valence-electron chi connectivity index (χ3n) is 7.22. The summed E-state index contributed by atoms with van der Waals surface area (Å²) in [5.41, 5.74) is 3.90. The summed E-state index contributed by atoms with van der Waals surface area (Å²) in [6.45, 7) is 10.2. The fraction of sp³-hybridized carbons (Fsp3) is 0.462. The number of aryl methyl sites for hydroxylation is 1. The number of hydrogen-bond acceptors (Lipinski definition) is 6. The Hall–Kier alpha value is -2.91. The van der Waals surface area contributed by atoms with Gasteiger partial charge in [0.15, 0.2) is 0 Å². The highest BCUT2D eigenvalue weighted by atomic mass is 32.2. The van der Waals surface area contributed by atoms with Gasteiger partial charge in [0.2, 0.25) is 0 Å². The molecule has 0 spiro atoms. The zero-order valence-electron chi connectivity index (χ0n) is 20.5. The summed E-state index contributed by atoms with van der Waals surface area (Å²) < 4.78 is 29.9. The zero-order valence-corrected chi connectivity index (χ0v) is 21.3. The molecule has 0 saturated carbocycles. The molecular formula is C26H33N5O3S. The van der Waals surface area contributed by atoms with Gasteiger partial charge in [-0.2, -0.15) is 8.42 Å². The van der Waals surface area contributed by atoms with Gasteiger partial charge in [-0.05, 0) is 68.3 Å². The molecule has 0 bridgehead atoms. The predicted molar refractivity (Wildman–Crippen MR) is 140 cm³/mol. The monoisotopic (exact) mass is 495 g/mol. The van der Waals surface area contributed by atoms with Gasteiger partial charge in [0.25, 0.3) is 15.9 Å². The first-order valence-electron chi connectivity index (χ1n) is 12.5. The molecule has 2 aromatic carbocycles. The van der Waals surface area contributed by atoms with Crippen molar-refractivity contribution >= 4 is 38.8 Å². The second-order valence-corrected chi connectivity index (χ2v) is 11.1. The van der Waals surface area contributed by atoms with E-state index in [1.165, 1.54) is 11.8 Å². The van der Waals surface area contributed by atoms with Crippen molar-refractivity contribution in [3.05, 3.63) is 47.5 Å². The molecule has 8 nitrogen and oxygen atoms in total. The molecular weight excluding hydrogens is 462 g/mol. The zero-order chi connectivity index (χ0) is 24.6. The number of rotatable bonds is 4. The van der Waals surface area contributed by atoms with Crippen molar-refractivity contribution in [1.82, 2.24) is 4.90 Å². The molecule has 0 atom stereocenters. The van der Waals surface area contributed by atoms with E-state index in [1.54, 1.807) is 12.1 Å². The smallest absolute Gasteiger partial charge is 0.286 e. The average molecular weight is 496 g/mol. The number of likely N-dealkylation sites (N-methyl/N-ethyl adjacent to an activating group) is 1. The summed E-state index contributed by atoms with van der Waals surface area (Å²) in [6.07, 6.45) is 3.64. The molecule has 5 rings (SSSR count). The summed E-state index contributed by atoms with van der Waals surface area (Å²) in [5.74, 6) is 0.274. The van der Waals surface area contributed by atoms with E-state index in [9.17, 15) is 13.2 Å². The maximum absolute atomic E-state index is 13.0. The van der Waals surface area contributed by atoms with Crippen LogP contribution in [0.5, 0.6) is 0 Å². The Morgan fingerprint density at radius 3 is 2.49 bits per heavy atom. The number of amides is 1. The van der Waals surface area contributed by atoms with E-state index in [0.29, 0.717) is 29.2 Å². The molecule has 2 saturated heterocycles. The van der Waals surface area contributed by atoms with Crippen LogP contribution in [0, 0.1) is 6.92 Å². The van der Waals surface area contributed by atoms with Crippen LogP contribution in [0.1, 0.15) is 48.5 Å². The first kappa shape index (κ1) is 23.8. The minimum atomic E-state index is -3.83. The molecule has 3 heterocycles. The van der Waals surface area contributed by atoms with E-state index in [2.05, 4.69) is 39.4 Å². The Kier molecular flexibility index (Phi) is 6.55. The van der Waals surface area contributed by atoms with E-state index in [0.717, 1.165) is 64.1 Å². The predicted octanol–water partition coefficient (Wildman–Crippen LogP) is 3.87. The fourth-order valence-corrected chi connectivity index (χ4v) is 6.50. The van der Waals surface area contributed by atoms with Crippen molar-refractivity contribution in [2.24, 2.45) is 4.40 Å². The number of carbonyl (C=O) groups is 1. The lowest BCUT2D eigenvalue weighted by Gasteiger charge is -2.36. The molecule has 0 aromatic heterocycles. The number of nitrogens with zero attached hydrogens (tertiary/aromatic N) is 4. The van der Waals surface area contributed by atoms with Gasteiger partial charge in [-0.1, -0.05) is 13.3 Å². The number of anilines is 3. The molecule has 186 valence electrons. The summed E-state index contributed by atoms with van der Waals surface area (Å²) in [5, 5.41) is 2.94. The van der Waals surface area contributed by atoms with Gasteiger partial charge in [-0.25, -0.2) is 0 Å². The normalized spacial score (nSPS) is 19.9. The second kappa shape index (κ2) is 9.62. The molecule has 3 aliphatic rings. The molecule has 2 fully saturated rings. The van der Waals surface area contributed by atoms with E-state index in [1.807, 2.05) is 17.0 Å². The quantitative estimate of drug-likeness (QED) is 0.693. The number of hydrogen-bond donors (Lipinski definition) is 1. The minimum Gasteiger partial charge on any atom is -0.369 e. The number of sulfonamides is 1. The van der Waals surface area contributed by atoms with Crippen molar-refractivity contribution in [1.29, 1.82) is 0 Å². The van der Waals surface area contributed by atoms with Gasteiger partial charge in [-0.3, -0.25) is 4.79 Å². The van der Waals surface area contributed by atoms with Crippen LogP contribution in [0.15, 0.2) is 45.7 Å². The fourth-order valence-electron chi connectivity index (χ4n) is 5.22. The number of piperazine rings is 1. The molecule has 1 amide bonds. The SMILES string of the molecule is CCN1CCN(c2ccc(NC(=O)c3ccc4c(c3)S(=O)(=O)N=C3CCCCCN34)cc2C)CC1. The Balaban J connectivity index is 1.34. The minimum absolute atomic E-state index is 0.105.